The number of aromatic nitrogens is 4. The van der Waals surface area contributed by atoms with E-state index < -0.39 is 0 Å². The van der Waals surface area contributed by atoms with E-state index in [2.05, 4.69) is 33.8 Å². The largest absolute Gasteiger partial charge is 0.249 e. The maximum atomic E-state index is 4.31. The Morgan fingerprint density at radius 1 is 1.14 bits per heavy atom. The molecule has 2 aromatic rings. The molecule has 0 saturated heterocycles. The first-order chi connectivity index (χ1) is 6.68. The van der Waals surface area contributed by atoms with Crippen molar-refractivity contribution in [3.8, 4) is 0 Å². The Labute approximate surface area is 82.5 Å². The Balaban J connectivity index is 2.75. The molecule has 4 nitrogen and oxygen atoms in total. The first-order valence-electron chi connectivity index (χ1n) is 4.62. The van der Waals surface area contributed by atoms with Crippen LogP contribution in [0.1, 0.15) is 31.2 Å². The van der Waals surface area contributed by atoms with Crippen LogP contribution in [0.3, 0.4) is 0 Å². The zero-order chi connectivity index (χ0) is 10.1. The molecule has 0 spiro atoms. The quantitative estimate of drug-likeness (QED) is 0.685. The van der Waals surface area contributed by atoms with Gasteiger partial charge < -0.3 is 0 Å². The maximum absolute atomic E-state index is 4.31. The van der Waals surface area contributed by atoms with E-state index in [-0.39, 0.29) is 0 Å². The summed E-state index contributed by atoms with van der Waals surface area (Å²) in [6, 6.07) is 0. The molecule has 14 heavy (non-hydrogen) atoms. The van der Waals surface area contributed by atoms with E-state index in [1.165, 1.54) is 0 Å². The SMILES string of the molecule is Cc1cnc2c(C(C)C)ncnc2n1. The van der Waals surface area contributed by atoms with Crippen molar-refractivity contribution in [2.75, 3.05) is 0 Å². The fraction of sp³-hybridized carbons (Fsp3) is 0.400. The minimum Gasteiger partial charge on any atom is -0.249 e. The molecule has 0 bridgehead atoms. The summed E-state index contributed by atoms with van der Waals surface area (Å²) in [4.78, 5) is 16.9. The first-order valence-corrected chi connectivity index (χ1v) is 4.62. The standard InChI is InChI=1S/C10H12N4/c1-6(2)8-9-10(13-5-12-8)14-7(3)4-11-9/h4-6H,1-3H3. The highest BCUT2D eigenvalue weighted by Crippen LogP contribution is 2.17. The smallest absolute Gasteiger partial charge is 0.181 e. The number of hydrogen-bond acceptors (Lipinski definition) is 4. The van der Waals surface area contributed by atoms with Crippen LogP contribution in [0, 0.1) is 6.92 Å². The van der Waals surface area contributed by atoms with E-state index >= 15 is 0 Å². The summed E-state index contributed by atoms with van der Waals surface area (Å²) in [5, 5.41) is 0. The summed E-state index contributed by atoms with van der Waals surface area (Å²) in [6.07, 6.45) is 3.30. The first kappa shape index (κ1) is 8.99. The number of fused-ring (bicyclic) bond motifs is 1. The van der Waals surface area contributed by atoms with Crippen LogP contribution >= 0.6 is 0 Å². The zero-order valence-corrected chi connectivity index (χ0v) is 8.52. The van der Waals surface area contributed by atoms with Gasteiger partial charge >= 0.3 is 0 Å². The van der Waals surface area contributed by atoms with E-state index in [1.807, 2.05) is 6.92 Å². The molecule has 2 aromatic heterocycles. The number of nitrogens with zero attached hydrogens (tertiary/aromatic N) is 4. The molecule has 2 rings (SSSR count). The summed E-state index contributed by atoms with van der Waals surface area (Å²) < 4.78 is 0. The van der Waals surface area contributed by atoms with E-state index in [0.29, 0.717) is 11.6 Å². The Morgan fingerprint density at radius 2 is 1.93 bits per heavy atom. The molecule has 0 radical (unpaired) electrons. The Bertz CT molecular complexity index is 465. The Kier molecular flexibility index (Phi) is 2.11. The molecule has 0 aliphatic rings. The maximum Gasteiger partial charge on any atom is 0.181 e. The second-order valence-electron chi connectivity index (χ2n) is 3.60. The van der Waals surface area contributed by atoms with Crippen LogP contribution in [-0.4, -0.2) is 19.9 Å². The average molecular weight is 188 g/mol. The van der Waals surface area contributed by atoms with E-state index in [1.54, 1.807) is 12.5 Å². The highest BCUT2D eigenvalue weighted by atomic mass is 15.0. The summed E-state index contributed by atoms with van der Waals surface area (Å²) >= 11 is 0. The van der Waals surface area contributed by atoms with Gasteiger partial charge in [0.1, 0.15) is 11.8 Å². The van der Waals surface area contributed by atoms with Crippen molar-refractivity contribution < 1.29 is 0 Å². The molecule has 0 unspecified atom stereocenters. The average Bonchev–Trinajstić information content (AvgIpc) is 2.16. The predicted octanol–water partition coefficient (Wildman–Crippen LogP) is 1.85. The van der Waals surface area contributed by atoms with E-state index in [9.17, 15) is 0 Å². The summed E-state index contributed by atoms with van der Waals surface area (Å²) in [5.41, 5.74) is 3.34. The predicted molar refractivity (Wildman–Crippen MR) is 54.0 cm³/mol. The second-order valence-corrected chi connectivity index (χ2v) is 3.60. The molecular formula is C10H12N4. The second kappa shape index (κ2) is 3.29. The topological polar surface area (TPSA) is 51.6 Å². The van der Waals surface area contributed by atoms with Gasteiger partial charge in [0, 0.05) is 6.20 Å². The Hall–Kier alpha value is -1.58. The lowest BCUT2D eigenvalue weighted by Gasteiger charge is -2.06. The number of hydrogen-bond donors (Lipinski definition) is 0. The van der Waals surface area contributed by atoms with E-state index in [0.717, 1.165) is 16.9 Å². The third kappa shape index (κ3) is 1.43. The highest BCUT2D eigenvalue weighted by molar-refractivity contribution is 5.72. The molecule has 0 amide bonds. The summed E-state index contributed by atoms with van der Waals surface area (Å²) in [5.74, 6) is 0.345. The normalized spacial score (nSPS) is 11.1. The molecule has 0 aliphatic heterocycles. The lowest BCUT2D eigenvalue weighted by molar-refractivity contribution is 0.821. The molecule has 0 atom stereocenters. The summed E-state index contributed by atoms with van der Waals surface area (Å²) in [6.45, 7) is 6.08. The van der Waals surface area contributed by atoms with Crippen molar-refractivity contribution in [2.45, 2.75) is 26.7 Å². The van der Waals surface area contributed by atoms with Crippen LogP contribution in [0.2, 0.25) is 0 Å². The molecule has 0 aromatic carbocycles. The minimum absolute atomic E-state index is 0.345. The van der Waals surface area contributed by atoms with Gasteiger partial charge in [-0.2, -0.15) is 0 Å². The van der Waals surface area contributed by atoms with Gasteiger partial charge in [0.05, 0.1) is 11.4 Å². The minimum atomic E-state index is 0.345. The van der Waals surface area contributed by atoms with Gasteiger partial charge in [0.2, 0.25) is 0 Å². The van der Waals surface area contributed by atoms with Crippen LogP contribution in [0.4, 0.5) is 0 Å². The number of aryl methyl sites for hydroxylation is 1. The van der Waals surface area contributed by atoms with Crippen molar-refractivity contribution in [3.63, 3.8) is 0 Å². The van der Waals surface area contributed by atoms with Crippen molar-refractivity contribution >= 4 is 11.2 Å². The van der Waals surface area contributed by atoms with Crippen molar-refractivity contribution in [2.24, 2.45) is 0 Å². The monoisotopic (exact) mass is 188 g/mol. The van der Waals surface area contributed by atoms with Crippen LogP contribution in [0.5, 0.6) is 0 Å². The fourth-order valence-electron chi connectivity index (χ4n) is 1.36. The van der Waals surface area contributed by atoms with Gasteiger partial charge in [-0.15, -0.1) is 0 Å². The molecule has 72 valence electrons. The molecule has 2 heterocycles. The zero-order valence-electron chi connectivity index (χ0n) is 8.52. The van der Waals surface area contributed by atoms with Gasteiger partial charge in [-0.3, -0.25) is 0 Å². The van der Waals surface area contributed by atoms with Crippen LogP contribution < -0.4 is 0 Å². The lowest BCUT2D eigenvalue weighted by Crippen LogP contribution is -1.99. The van der Waals surface area contributed by atoms with Gasteiger partial charge in [-0.1, -0.05) is 13.8 Å². The molecule has 0 fully saturated rings. The Morgan fingerprint density at radius 3 is 2.64 bits per heavy atom. The molecule has 4 heteroatoms. The lowest BCUT2D eigenvalue weighted by atomic mass is 10.1. The summed E-state index contributed by atoms with van der Waals surface area (Å²) in [7, 11) is 0. The third-order valence-electron chi connectivity index (χ3n) is 2.04. The van der Waals surface area contributed by atoms with Crippen molar-refractivity contribution in [1.82, 2.24) is 19.9 Å². The van der Waals surface area contributed by atoms with Crippen molar-refractivity contribution in [1.29, 1.82) is 0 Å². The van der Waals surface area contributed by atoms with Gasteiger partial charge in [0.25, 0.3) is 0 Å². The van der Waals surface area contributed by atoms with Crippen molar-refractivity contribution in [3.05, 3.63) is 23.9 Å². The van der Waals surface area contributed by atoms with Crippen LogP contribution in [-0.2, 0) is 0 Å². The van der Waals surface area contributed by atoms with Gasteiger partial charge in [0.15, 0.2) is 5.65 Å². The van der Waals surface area contributed by atoms with Crippen LogP contribution in [0.15, 0.2) is 12.5 Å². The molecular weight excluding hydrogens is 176 g/mol. The number of rotatable bonds is 1. The molecule has 0 N–H and O–H groups in total. The molecule has 0 aliphatic carbocycles. The fourth-order valence-corrected chi connectivity index (χ4v) is 1.36. The van der Waals surface area contributed by atoms with Gasteiger partial charge in [-0.05, 0) is 12.8 Å². The molecule has 0 saturated carbocycles. The van der Waals surface area contributed by atoms with Crippen LogP contribution in [0.25, 0.3) is 11.2 Å². The van der Waals surface area contributed by atoms with Gasteiger partial charge in [-0.25, -0.2) is 19.9 Å². The third-order valence-corrected chi connectivity index (χ3v) is 2.04. The van der Waals surface area contributed by atoms with E-state index in [4.69, 9.17) is 0 Å². The highest BCUT2D eigenvalue weighted by Gasteiger charge is 2.09.